The first-order valence-electron chi connectivity index (χ1n) is 16.6. The van der Waals surface area contributed by atoms with Crippen LogP contribution in [0.4, 0.5) is 14.9 Å². The van der Waals surface area contributed by atoms with Crippen molar-refractivity contribution >= 4 is 63.8 Å². The van der Waals surface area contributed by atoms with Gasteiger partial charge in [-0.15, -0.1) is 0 Å². The van der Waals surface area contributed by atoms with Crippen LogP contribution in [0.3, 0.4) is 0 Å². The number of nitrogens with one attached hydrogen (secondary N) is 2. The molecular weight excluding hydrogens is 680 g/mol. The zero-order chi connectivity index (χ0) is 35.5. The highest BCUT2D eigenvalue weighted by Gasteiger charge is 2.33. The first kappa shape index (κ1) is 36.9. The van der Waals surface area contributed by atoms with Crippen LogP contribution in [0.5, 0.6) is 0 Å². The Bertz CT molecular complexity index is 1790. The van der Waals surface area contributed by atoms with Crippen LogP contribution in [0.25, 0.3) is 10.8 Å². The maximum atomic E-state index is 13.5. The Labute approximate surface area is 299 Å². The van der Waals surface area contributed by atoms with Crippen molar-refractivity contribution in [2.45, 2.75) is 20.4 Å². The molecule has 0 radical (unpaired) electrons. The van der Waals surface area contributed by atoms with Gasteiger partial charge in [-0.2, -0.15) is 23.5 Å². The van der Waals surface area contributed by atoms with Gasteiger partial charge in [-0.05, 0) is 54.0 Å². The molecular formula is C36H41FN6O5S2. The van der Waals surface area contributed by atoms with Crippen LogP contribution in [0.1, 0.15) is 50.6 Å². The second-order valence-electron chi connectivity index (χ2n) is 11.4. The van der Waals surface area contributed by atoms with Crippen LogP contribution >= 0.6 is 23.5 Å². The third kappa shape index (κ3) is 9.23. The number of thioether (sulfide) groups is 2. The number of ether oxygens (including phenoxy) is 1. The molecule has 1 aromatic heterocycles. The topological polar surface area (TPSA) is 126 Å². The molecule has 1 aliphatic heterocycles. The van der Waals surface area contributed by atoms with E-state index in [1.54, 1.807) is 30.5 Å². The monoisotopic (exact) mass is 720 g/mol. The molecule has 0 saturated carbocycles. The molecule has 2 N–H and O–H groups in total. The quantitative estimate of drug-likeness (QED) is 0.0991. The van der Waals surface area contributed by atoms with Gasteiger partial charge in [0.25, 0.3) is 17.7 Å². The first-order valence-corrected chi connectivity index (χ1v) is 18.9. The molecule has 50 heavy (non-hydrogen) atoms. The summed E-state index contributed by atoms with van der Waals surface area (Å²) in [5.41, 5.74) is 2.56. The number of carbonyl (C=O) groups excluding carboxylic acids is 4. The molecule has 5 rings (SSSR count). The number of carbonyl (C=O) groups is 4. The smallest absolute Gasteiger partial charge is 0.419 e. The highest BCUT2D eigenvalue weighted by Crippen LogP contribution is 2.34. The molecule has 1 aliphatic rings. The van der Waals surface area contributed by atoms with Crippen molar-refractivity contribution in [3.05, 3.63) is 95.3 Å². The number of hydrogen-bond donors (Lipinski definition) is 2. The Morgan fingerprint density at radius 2 is 1.62 bits per heavy atom. The van der Waals surface area contributed by atoms with Gasteiger partial charge in [0, 0.05) is 83.6 Å². The van der Waals surface area contributed by atoms with Gasteiger partial charge in [0.05, 0.1) is 12.2 Å². The summed E-state index contributed by atoms with van der Waals surface area (Å²) in [5.74, 6) is 2.52. The molecule has 0 saturated heterocycles. The number of rotatable bonds is 18. The molecule has 4 aromatic rings. The molecule has 14 heteroatoms. The van der Waals surface area contributed by atoms with Gasteiger partial charge >= 0.3 is 6.09 Å². The third-order valence-corrected chi connectivity index (χ3v) is 9.87. The van der Waals surface area contributed by atoms with Crippen molar-refractivity contribution in [3.8, 4) is 0 Å². The third-order valence-electron chi connectivity index (χ3n) is 8.11. The van der Waals surface area contributed by atoms with Gasteiger partial charge in [-0.1, -0.05) is 26.0 Å². The van der Waals surface area contributed by atoms with Crippen molar-refractivity contribution < 1.29 is 28.3 Å². The van der Waals surface area contributed by atoms with Crippen LogP contribution in [0, 0.1) is 5.82 Å². The molecule has 0 unspecified atom stereocenters. The second kappa shape index (κ2) is 18.0. The number of nitrogens with zero attached hydrogens (tertiary/aromatic N) is 4. The zero-order valence-electron chi connectivity index (χ0n) is 28.2. The number of imidazole rings is 1. The summed E-state index contributed by atoms with van der Waals surface area (Å²) in [4.78, 5) is 60.0. The Morgan fingerprint density at radius 3 is 2.32 bits per heavy atom. The predicted octanol–water partition coefficient (Wildman–Crippen LogP) is 5.61. The van der Waals surface area contributed by atoms with Gasteiger partial charge in [-0.25, -0.2) is 18.7 Å². The molecule has 11 nitrogen and oxygen atoms in total. The van der Waals surface area contributed by atoms with E-state index in [0.29, 0.717) is 52.8 Å². The van der Waals surface area contributed by atoms with Crippen LogP contribution in [-0.2, 0) is 11.3 Å². The van der Waals surface area contributed by atoms with Crippen LogP contribution in [0.2, 0.25) is 0 Å². The Morgan fingerprint density at radius 1 is 0.920 bits per heavy atom. The summed E-state index contributed by atoms with van der Waals surface area (Å²) in [6.45, 7) is 7.18. The molecule has 0 bridgehead atoms. The summed E-state index contributed by atoms with van der Waals surface area (Å²) in [6.07, 6.45) is 2.45. The minimum absolute atomic E-state index is 0.105. The average molecular weight is 721 g/mol. The fraction of sp³-hybridized carbons (Fsp3) is 0.361. The molecule has 0 aliphatic carbocycles. The van der Waals surface area contributed by atoms with Crippen LogP contribution < -0.4 is 10.6 Å². The highest BCUT2D eigenvalue weighted by molar-refractivity contribution is 7.99. The SMILES string of the molecule is CCSCCN(CCSCC)Cc1cn(C(=O)OCCN2C(=O)c3cccc4c(NCCNC(=O)c5ccc(F)cc5)ccc(c34)C2=O)cn1. The lowest BCUT2D eigenvalue weighted by atomic mass is 9.93. The molecule has 264 valence electrons. The summed E-state index contributed by atoms with van der Waals surface area (Å²) in [5, 5.41) is 7.28. The number of benzene rings is 3. The van der Waals surface area contributed by atoms with Gasteiger partial charge in [0.15, 0.2) is 0 Å². The van der Waals surface area contributed by atoms with E-state index in [2.05, 4.69) is 34.4 Å². The number of amides is 3. The fourth-order valence-electron chi connectivity index (χ4n) is 5.60. The maximum absolute atomic E-state index is 13.5. The number of imide groups is 1. The Kier molecular flexibility index (Phi) is 13.3. The molecule has 0 fully saturated rings. The molecule has 3 amide bonds. The lowest BCUT2D eigenvalue weighted by Crippen LogP contribution is -2.42. The molecule has 0 spiro atoms. The summed E-state index contributed by atoms with van der Waals surface area (Å²) < 4.78 is 19.9. The number of halogens is 1. The normalized spacial score (nSPS) is 12.5. The van der Waals surface area contributed by atoms with E-state index in [9.17, 15) is 23.6 Å². The predicted molar refractivity (Wildman–Crippen MR) is 197 cm³/mol. The van der Waals surface area contributed by atoms with E-state index in [0.717, 1.165) is 46.7 Å². The minimum atomic E-state index is -0.637. The lowest BCUT2D eigenvalue weighted by Gasteiger charge is -2.27. The summed E-state index contributed by atoms with van der Waals surface area (Å²) >= 11 is 3.79. The molecule has 3 aromatic carbocycles. The minimum Gasteiger partial charge on any atom is -0.447 e. The second-order valence-corrected chi connectivity index (χ2v) is 14.2. The fourth-order valence-corrected chi connectivity index (χ4v) is 6.95. The zero-order valence-corrected chi connectivity index (χ0v) is 29.8. The summed E-state index contributed by atoms with van der Waals surface area (Å²) in [6, 6.07) is 14.0. The van der Waals surface area contributed by atoms with Gasteiger partial charge in [0.2, 0.25) is 0 Å². The molecule has 2 heterocycles. The van der Waals surface area contributed by atoms with Gasteiger partial charge in [-0.3, -0.25) is 24.2 Å². The van der Waals surface area contributed by atoms with Crippen molar-refractivity contribution in [2.75, 3.05) is 67.7 Å². The maximum Gasteiger partial charge on any atom is 0.419 e. The Hall–Kier alpha value is -4.40. The van der Waals surface area contributed by atoms with Gasteiger partial charge < -0.3 is 15.4 Å². The van der Waals surface area contributed by atoms with Crippen molar-refractivity contribution in [3.63, 3.8) is 0 Å². The Balaban J connectivity index is 1.15. The van der Waals surface area contributed by atoms with Crippen molar-refractivity contribution in [1.82, 2.24) is 24.7 Å². The largest absolute Gasteiger partial charge is 0.447 e. The van der Waals surface area contributed by atoms with Gasteiger partial charge in [0.1, 0.15) is 18.8 Å². The van der Waals surface area contributed by atoms with E-state index in [1.165, 1.54) is 35.2 Å². The average Bonchev–Trinajstić information content (AvgIpc) is 3.59. The van der Waals surface area contributed by atoms with Crippen LogP contribution in [0.15, 0.2) is 67.1 Å². The van der Waals surface area contributed by atoms with E-state index in [1.807, 2.05) is 29.6 Å². The van der Waals surface area contributed by atoms with E-state index in [-0.39, 0.29) is 19.1 Å². The van der Waals surface area contributed by atoms with Crippen molar-refractivity contribution in [2.24, 2.45) is 0 Å². The van der Waals surface area contributed by atoms with E-state index in [4.69, 9.17) is 4.74 Å². The standard InChI is InChI=1S/C36H41FN6O5S2/c1-3-49-20-17-41(18-21-50-4-2)22-27-23-42(24-40-27)36(47)48-19-16-43-34(45)29-7-5-6-28-31(13-12-30(32(28)29)35(43)46)38-14-15-39-33(44)25-8-10-26(37)11-9-25/h5-13,23-24,38H,3-4,14-22H2,1-2H3,(H,39,44). The number of hydrogen-bond acceptors (Lipinski definition) is 10. The van der Waals surface area contributed by atoms with E-state index >= 15 is 0 Å². The number of aromatic nitrogens is 2. The van der Waals surface area contributed by atoms with Crippen LogP contribution in [-0.4, -0.2) is 106 Å². The first-order chi connectivity index (χ1) is 24.3. The van der Waals surface area contributed by atoms with Crippen molar-refractivity contribution in [1.29, 1.82) is 0 Å². The summed E-state index contributed by atoms with van der Waals surface area (Å²) in [7, 11) is 0. The highest BCUT2D eigenvalue weighted by atomic mass is 32.2. The molecule has 0 atom stereocenters. The number of anilines is 1. The van der Waals surface area contributed by atoms with E-state index < -0.39 is 23.7 Å². The lowest BCUT2D eigenvalue weighted by molar-refractivity contribution is 0.0562.